The number of anilines is 1. The minimum atomic E-state index is -3.61. The molecule has 0 aromatic heterocycles. The molecule has 0 bridgehead atoms. The molecule has 1 unspecified atom stereocenters. The molecule has 3 rings (SSSR count). The summed E-state index contributed by atoms with van der Waals surface area (Å²) in [6.45, 7) is 0.936. The molecule has 7 nitrogen and oxygen atoms in total. The van der Waals surface area contributed by atoms with Gasteiger partial charge in [-0.2, -0.15) is 0 Å². The maximum atomic E-state index is 12.4. The first-order valence-corrected chi connectivity index (χ1v) is 10.7. The Hall–Kier alpha value is -2.33. The molecule has 9 heteroatoms. The summed E-state index contributed by atoms with van der Waals surface area (Å²) in [6.07, 6.45) is 1.74. The van der Waals surface area contributed by atoms with Crippen molar-refractivity contribution in [2.45, 2.75) is 23.8 Å². The van der Waals surface area contributed by atoms with Crippen LogP contribution in [0.3, 0.4) is 0 Å². The van der Waals surface area contributed by atoms with Gasteiger partial charge in [-0.3, -0.25) is 10.1 Å². The van der Waals surface area contributed by atoms with Crippen LogP contribution in [-0.2, 0) is 14.8 Å². The van der Waals surface area contributed by atoms with Crippen LogP contribution in [0.25, 0.3) is 0 Å². The number of thiocarbonyl (C=S) groups is 1. The quantitative estimate of drug-likeness (QED) is 0.622. The Bertz CT molecular complexity index is 925. The molecule has 3 N–H and O–H groups in total. The van der Waals surface area contributed by atoms with Crippen molar-refractivity contribution in [3.8, 4) is 0 Å². The van der Waals surface area contributed by atoms with Crippen molar-refractivity contribution in [1.29, 1.82) is 0 Å². The van der Waals surface area contributed by atoms with Gasteiger partial charge in [-0.1, -0.05) is 18.2 Å². The molecule has 1 aliphatic rings. The highest BCUT2D eigenvalue weighted by Crippen LogP contribution is 2.16. The third-order valence-corrected chi connectivity index (χ3v) is 5.85. The normalized spacial score (nSPS) is 16.5. The largest absolute Gasteiger partial charge is 0.377 e. The molecular weight excluding hydrogens is 398 g/mol. The average Bonchev–Trinajstić information content (AvgIpc) is 3.21. The van der Waals surface area contributed by atoms with E-state index in [4.69, 9.17) is 17.0 Å². The molecule has 1 heterocycles. The number of amides is 1. The highest BCUT2D eigenvalue weighted by molar-refractivity contribution is 7.89. The predicted octanol–water partition coefficient (Wildman–Crippen LogP) is 2.27. The lowest BCUT2D eigenvalue weighted by molar-refractivity contribution is 0.0977. The van der Waals surface area contributed by atoms with E-state index in [0.717, 1.165) is 12.8 Å². The smallest absolute Gasteiger partial charge is 0.257 e. The van der Waals surface area contributed by atoms with Gasteiger partial charge >= 0.3 is 0 Å². The van der Waals surface area contributed by atoms with Crippen LogP contribution in [0.15, 0.2) is 59.5 Å². The van der Waals surface area contributed by atoms with E-state index in [-0.39, 0.29) is 28.6 Å². The van der Waals surface area contributed by atoms with E-state index in [2.05, 4.69) is 15.4 Å². The van der Waals surface area contributed by atoms with Gasteiger partial charge < -0.3 is 10.1 Å². The maximum Gasteiger partial charge on any atom is 0.257 e. The summed E-state index contributed by atoms with van der Waals surface area (Å²) in [5.41, 5.74) is 1.06. The van der Waals surface area contributed by atoms with Crippen molar-refractivity contribution in [2.75, 3.05) is 18.5 Å². The molecule has 1 atom stereocenters. The van der Waals surface area contributed by atoms with Crippen LogP contribution in [0.1, 0.15) is 23.2 Å². The molecular formula is C19H21N3O4S2. The van der Waals surface area contributed by atoms with Crippen LogP contribution in [0, 0.1) is 0 Å². The Morgan fingerprint density at radius 2 is 1.82 bits per heavy atom. The second kappa shape index (κ2) is 9.24. The Morgan fingerprint density at radius 3 is 2.46 bits per heavy atom. The molecule has 0 radical (unpaired) electrons. The summed E-state index contributed by atoms with van der Waals surface area (Å²) in [5, 5.41) is 5.57. The number of sulfonamides is 1. The van der Waals surface area contributed by atoms with Crippen LogP contribution in [0.5, 0.6) is 0 Å². The van der Waals surface area contributed by atoms with Crippen molar-refractivity contribution in [2.24, 2.45) is 0 Å². The molecule has 148 valence electrons. The van der Waals surface area contributed by atoms with Gasteiger partial charge in [0.1, 0.15) is 0 Å². The number of hydrogen-bond acceptors (Lipinski definition) is 5. The molecule has 0 saturated carbocycles. The predicted molar refractivity (Wildman–Crippen MR) is 111 cm³/mol. The fourth-order valence-electron chi connectivity index (χ4n) is 2.74. The molecule has 1 amide bonds. The molecule has 1 fully saturated rings. The highest BCUT2D eigenvalue weighted by atomic mass is 32.2. The Labute approximate surface area is 169 Å². The lowest BCUT2D eigenvalue weighted by Gasteiger charge is -2.12. The van der Waals surface area contributed by atoms with Crippen LogP contribution >= 0.6 is 12.2 Å². The molecule has 0 spiro atoms. The number of carbonyl (C=O) groups excluding carboxylic acids is 1. The van der Waals surface area contributed by atoms with E-state index in [1.165, 1.54) is 12.1 Å². The van der Waals surface area contributed by atoms with Gasteiger partial charge in [0.25, 0.3) is 5.91 Å². The molecule has 1 aliphatic heterocycles. The first-order chi connectivity index (χ1) is 13.4. The second-order valence-electron chi connectivity index (χ2n) is 6.29. The van der Waals surface area contributed by atoms with Crippen LogP contribution in [0.4, 0.5) is 5.69 Å². The summed E-state index contributed by atoms with van der Waals surface area (Å²) in [7, 11) is -3.61. The van der Waals surface area contributed by atoms with Gasteiger partial charge in [-0.15, -0.1) is 0 Å². The number of nitrogens with one attached hydrogen (secondary N) is 3. The third kappa shape index (κ3) is 5.59. The van der Waals surface area contributed by atoms with Crippen molar-refractivity contribution in [3.05, 3.63) is 60.2 Å². The monoisotopic (exact) mass is 419 g/mol. The molecule has 0 aliphatic carbocycles. The van der Waals surface area contributed by atoms with Crippen molar-refractivity contribution in [1.82, 2.24) is 10.0 Å². The number of ether oxygens (including phenoxy) is 1. The van der Waals surface area contributed by atoms with E-state index in [0.29, 0.717) is 17.9 Å². The maximum absolute atomic E-state index is 12.4. The third-order valence-electron chi connectivity index (χ3n) is 4.21. The first-order valence-electron chi connectivity index (χ1n) is 8.83. The first kappa shape index (κ1) is 20.4. The Balaban J connectivity index is 1.54. The Kier molecular flexibility index (Phi) is 6.74. The van der Waals surface area contributed by atoms with E-state index in [1.54, 1.807) is 36.4 Å². The van der Waals surface area contributed by atoms with Crippen molar-refractivity contribution < 1.29 is 17.9 Å². The topological polar surface area (TPSA) is 96.5 Å². The molecule has 1 saturated heterocycles. The minimum absolute atomic E-state index is 0.0682. The molecule has 2 aromatic rings. The summed E-state index contributed by atoms with van der Waals surface area (Å²) in [4.78, 5) is 12.2. The van der Waals surface area contributed by atoms with Crippen molar-refractivity contribution >= 4 is 38.9 Å². The van der Waals surface area contributed by atoms with Crippen molar-refractivity contribution in [3.63, 3.8) is 0 Å². The van der Waals surface area contributed by atoms with Crippen LogP contribution in [-0.4, -0.2) is 38.7 Å². The number of benzene rings is 2. The average molecular weight is 420 g/mol. The summed E-state index contributed by atoms with van der Waals surface area (Å²) in [5.74, 6) is -0.323. The van der Waals surface area contributed by atoms with Gasteiger partial charge in [0.2, 0.25) is 10.0 Å². The summed E-state index contributed by atoms with van der Waals surface area (Å²) < 4.78 is 32.7. The van der Waals surface area contributed by atoms with E-state index in [9.17, 15) is 13.2 Å². The SMILES string of the molecule is O=C(NC(=S)Nc1ccc(S(=O)(=O)NCC2CCCO2)cc1)c1ccccc1. The highest BCUT2D eigenvalue weighted by Gasteiger charge is 2.20. The fraction of sp³-hybridized carbons (Fsp3) is 0.263. The fourth-order valence-corrected chi connectivity index (χ4v) is 4.01. The lowest BCUT2D eigenvalue weighted by atomic mass is 10.2. The van der Waals surface area contributed by atoms with Gasteiger partial charge in [0.05, 0.1) is 11.0 Å². The zero-order chi connectivity index (χ0) is 20.0. The zero-order valence-electron chi connectivity index (χ0n) is 15.1. The minimum Gasteiger partial charge on any atom is -0.377 e. The standard InChI is InChI=1S/C19H21N3O4S2/c23-18(14-5-2-1-3-6-14)22-19(27)21-15-8-10-17(11-9-15)28(24,25)20-13-16-7-4-12-26-16/h1-3,5-6,8-11,16,20H,4,7,12-13H2,(H2,21,22,23,27). The lowest BCUT2D eigenvalue weighted by Crippen LogP contribution is -2.34. The summed E-state index contributed by atoms with van der Waals surface area (Å²) in [6, 6.07) is 14.8. The number of rotatable bonds is 6. The number of carbonyl (C=O) groups is 1. The summed E-state index contributed by atoms with van der Waals surface area (Å²) >= 11 is 5.13. The van der Waals surface area contributed by atoms with E-state index < -0.39 is 10.0 Å². The van der Waals surface area contributed by atoms with Gasteiger partial charge in [-0.25, -0.2) is 13.1 Å². The molecule has 2 aromatic carbocycles. The van der Waals surface area contributed by atoms with Gasteiger partial charge in [0.15, 0.2) is 5.11 Å². The van der Waals surface area contributed by atoms with Crippen LogP contribution in [0.2, 0.25) is 0 Å². The second-order valence-corrected chi connectivity index (χ2v) is 8.46. The van der Waals surface area contributed by atoms with E-state index >= 15 is 0 Å². The van der Waals surface area contributed by atoms with Crippen LogP contribution < -0.4 is 15.4 Å². The van der Waals surface area contributed by atoms with E-state index in [1.807, 2.05) is 6.07 Å². The molecule has 28 heavy (non-hydrogen) atoms. The van der Waals surface area contributed by atoms with Gasteiger partial charge in [-0.05, 0) is 61.5 Å². The zero-order valence-corrected chi connectivity index (χ0v) is 16.7. The van der Waals surface area contributed by atoms with Gasteiger partial charge in [0, 0.05) is 24.4 Å². The Morgan fingerprint density at radius 1 is 1.11 bits per heavy atom. The number of hydrogen-bond donors (Lipinski definition) is 3.